The van der Waals surface area contributed by atoms with Crippen molar-refractivity contribution in [2.24, 2.45) is 5.73 Å². The Bertz CT molecular complexity index is 698. The van der Waals surface area contributed by atoms with Crippen LogP contribution in [0.1, 0.15) is 21.5 Å². The van der Waals surface area contributed by atoms with E-state index in [1.54, 1.807) is 0 Å². The van der Waals surface area contributed by atoms with Crippen LogP contribution in [0.25, 0.3) is 0 Å². The van der Waals surface area contributed by atoms with E-state index < -0.39 is 0 Å². The minimum Gasteiger partial charge on any atom is -0.395 e. The number of hydrogen-bond acceptors (Lipinski definition) is 5. The second-order valence-electron chi connectivity index (χ2n) is 5.83. The number of nitrogens with two attached hydrogens (primary N) is 1. The smallest absolute Gasteiger partial charge is 0.255 e. The molecule has 5 nitrogen and oxygen atoms in total. The summed E-state index contributed by atoms with van der Waals surface area (Å²) in [5.41, 5.74) is 9.23. The van der Waals surface area contributed by atoms with Crippen molar-refractivity contribution in [2.45, 2.75) is 18.7 Å². The third kappa shape index (κ3) is 5.86. The molecule has 0 radical (unpaired) electrons. The van der Waals surface area contributed by atoms with Crippen molar-refractivity contribution in [3.63, 3.8) is 0 Å². The number of carbonyl (C=O) groups excluding carboxylic acids is 1. The van der Waals surface area contributed by atoms with Gasteiger partial charge in [-0.2, -0.15) is 0 Å². The van der Waals surface area contributed by atoms with Crippen LogP contribution >= 0.6 is 11.9 Å². The van der Waals surface area contributed by atoms with E-state index in [0.717, 1.165) is 21.7 Å². The normalized spacial score (nSPS) is 10.9. The van der Waals surface area contributed by atoms with Gasteiger partial charge < -0.3 is 16.2 Å². The monoisotopic (exact) mass is 359 g/mol. The van der Waals surface area contributed by atoms with E-state index in [1.165, 1.54) is 11.9 Å². The molecular formula is C19H25N3O2S. The van der Waals surface area contributed by atoms with E-state index in [2.05, 4.69) is 5.32 Å². The highest BCUT2D eigenvalue weighted by atomic mass is 32.2. The zero-order chi connectivity index (χ0) is 18.2. The molecule has 134 valence electrons. The largest absolute Gasteiger partial charge is 0.395 e. The fourth-order valence-electron chi connectivity index (χ4n) is 2.28. The molecule has 1 amide bonds. The van der Waals surface area contributed by atoms with Gasteiger partial charge in [-0.15, -0.1) is 0 Å². The lowest BCUT2D eigenvalue weighted by Gasteiger charge is -2.20. The number of nitrogens with zero attached hydrogens (tertiary/aromatic N) is 1. The van der Waals surface area contributed by atoms with E-state index in [1.807, 2.05) is 60.6 Å². The summed E-state index contributed by atoms with van der Waals surface area (Å²) in [5, 5.41) is 12.1. The van der Waals surface area contributed by atoms with Crippen LogP contribution < -0.4 is 11.1 Å². The highest BCUT2D eigenvalue weighted by molar-refractivity contribution is 7.97. The first kappa shape index (κ1) is 19.5. The number of aryl methyl sites for hydroxylation is 2. The van der Waals surface area contributed by atoms with Gasteiger partial charge in [0.25, 0.3) is 5.91 Å². The summed E-state index contributed by atoms with van der Waals surface area (Å²) < 4.78 is 2.00. The molecule has 0 saturated heterocycles. The number of hydrogen-bond donors (Lipinski definition) is 3. The molecule has 0 aromatic heterocycles. The minimum atomic E-state index is -0.141. The topological polar surface area (TPSA) is 78.6 Å². The van der Waals surface area contributed by atoms with Crippen LogP contribution in [0.5, 0.6) is 0 Å². The number of aliphatic hydroxyl groups is 1. The summed E-state index contributed by atoms with van der Waals surface area (Å²) >= 11 is 1.52. The van der Waals surface area contributed by atoms with Crippen LogP contribution in [0.15, 0.2) is 47.4 Å². The molecule has 0 fully saturated rings. The number of nitrogens with one attached hydrogen (secondary N) is 1. The lowest BCUT2D eigenvalue weighted by Crippen LogP contribution is -2.26. The summed E-state index contributed by atoms with van der Waals surface area (Å²) in [6, 6.07) is 13.3. The standard InChI is InChI=1S/C19H25N3O2S/c1-14-3-7-17(8-4-14)21-19(24)16-6-5-15(2)18(13-16)25-22(10-9-20)11-12-23/h3-8,13,23H,9-12,20H2,1-2H3,(H,21,24). The highest BCUT2D eigenvalue weighted by Gasteiger charge is 2.12. The maximum atomic E-state index is 12.5. The number of anilines is 1. The van der Waals surface area contributed by atoms with E-state index in [4.69, 9.17) is 5.73 Å². The Hall–Kier alpha value is -1.86. The average molecular weight is 359 g/mol. The molecule has 0 heterocycles. The van der Waals surface area contributed by atoms with Gasteiger partial charge in [0.05, 0.1) is 6.61 Å². The quantitative estimate of drug-likeness (QED) is 0.632. The van der Waals surface area contributed by atoms with Gasteiger partial charge in [0.15, 0.2) is 0 Å². The van der Waals surface area contributed by atoms with Crippen LogP contribution in [0.4, 0.5) is 5.69 Å². The fourth-order valence-corrected chi connectivity index (χ4v) is 3.32. The second-order valence-corrected chi connectivity index (χ2v) is 6.97. The lowest BCUT2D eigenvalue weighted by molar-refractivity contribution is 0.102. The van der Waals surface area contributed by atoms with E-state index in [9.17, 15) is 9.90 Å². The first-order chi connectivity index (χ1) is 12.0. The summed E-state index contributed by atoms with van der Waals surface area (Å²) in [5.74, 6) is -0.141. The molecule has 0 aliphatic rings. The van der Waals surface area contributed by atoms with Crippen LogP contribution in [0, 0.1) is 13.8 Å². The molecule has 2 rings (SSSR count). The molecule has 4 N–H and O–H groups in total. The lowest BCUT2D eigenvalue weighted by atomic mass is 10.1. The highest BCUT2D eigenvalue weighted by Crippen LogP contribution is 2.27. The van der Waals surface area contributed by atoms with Gasteiger partial charge in [0.1, 0.15) is 0 Å². The summed E-state index contributed by atoms with van der Waals surface area (Å²) in [6.07, 6.45) is 0. The maximum Gasteiger partial charge on any atom is 0.255 e. The van der Waals surface area contributed by atoms with Crippen molar-refractivity contribution in [3.05, 3.63) is 59.2 Å². The van der Waals surface area contributed by atoms with Crippen LogP contribution in [-0.4, -0.2) is 41.6 Å². The van der Waals surface area contributed by atoms with Gasteiger partial charge >= 0.3 is 0 Å². The van der Waals surface area contributed by atoms with Gasteiger partial charge in [0, 0.05) is 35.8 Å². The third-order valence-corrected chi connectivity index (χ3v) is 4.97. The number of carbonyl (C=O) groups is 1. The molecule has 2 aromatic carbocycles. The Morgan fingerprint density at radius 1 is 1.16 bits per heavy atom. The SMILES string of the molecule is Cc1ccc(NC(=O)c2ccc(C)c(SN(CCN)CCO)c2)cc1. The van der Waals surface area contributed by atoms with Gasteiger partial charge in [-0.1, -0.05) is 23.8 Å². The Labute approximate surface area is 153 Å². The van der Waals surface area contributed by atoms with E-state index in [-0.39, 0.29) is 12.5 Å². The van der Waals surface area contributed by atoms with Crippen molar-refractivity contribution in [1.29, 1.82) is 0 Å². The zero-order valence-electron chi connectivity index (χ0n) is 14.7. The molecule has 0 unspecified atom stereocenters. The van der Waals surface area contributed by atoms with Crippen LogP contribution in [-0.2, 0) is 0 Å². The first-order valence-electron chi connectivity index (χ1n) is 8.26. The van der Waals surface area contributed by atoms with Gasteiger partial charge in [-0.25, -0.2) is 4.31 Å². The predicted octanol–water partition coefficient (Wildman–Crippen LogP) is 2.82. The predicted molar refractivity (Wildman–Crippen MR) is 104 cm³/mol. The van der Waals surface area contributed by atoms with E-state index >= 15 is 0 Å². The fraction of sp³-hybridized carbons (Fsp3) is 0.316. The van der Waals surface area contributed by atoms with Crippen LogP contribution in [0.2, 0.25) is 0 Å². The first-order valence-corrected chi connectivity index (χ1v) is 9.03. The number of amides is 1. The summed E-state index contributed by atoms with van der Waals surface area (Å²) in [7, 11) is 0. The number of aliphatic hydroxyl groups excluding tert-OH is 1. The molecule has 2 aromatic rings. The van der Waals surface area contributed by atoms with Gasteiger partial charge in [0.2, 0.25) is 0 Å². The molecule has 0 aliphatic heterocycles. The van der Waals surface area contributed by atoms with Crippen molar-refractivity contribution in [3.8, 4) is 0 Å². The Balaban J connectivity index is 2.13. The summed E-state index contributed by atoms with van der Waals surface area (Å²) in [6.45, 7) is 5.79. The Morgan fingerprint density at radius 2 is 1.88 bits per heavy atom. The molecule has 0 spiro atoms. The average Bonchev–Trinajstić information content (AvgIpc) is 2.59. The van der Waals surface area contributed by atoms with Crippen LogP contribution in [0.3, 0.4) is 0 Å². The van der Waals surface area contributed by atoms with Gasteiger partial charge in [-0.3, -0.25) is 4.79 Å². The van der Waals surface area contributed by atoms with Crippen molar-refractivity contribution >= 4 is 23.5 Å². The number of benzene rings is 2. The molecule has 0 bridgehead atoms. The zero-order valence-corrected chi connectivity index (χ0v) is 15.5. The van der Waals surface area contributed by atoms with Crippen molar-refractivity contribution < 1.29 is 9.90 Å². The van der Waals surface area contributed by atoms with Crippen molar-refractivity contribution in [1.82, 2.24) is 4.31 Å². The molecule has 0 saturated carbocycles. The second kappa shape index (κ2) is 9.58. The molecule has 0 aliphatic carbocycles. The maximum absolute atomic E-state index is 12.5. The van der Waals surface area contributed by atoms with E-state index in [0.29, 0.717) is 25.2 Å². The van der Waals surface area contributed by atoms with Gasteiger partial charge in [-0.05, 0) is 55.6 Å². The molecule has 0 atom stereocenters. The minimum absolute atomic E-state index is 0.0691. The summed E-state index contributed by atoms with van der Waals surface area (Å²) in [4.78, 5) is 13.5. The molecule has 6 heteroatoms. The molecule has 25 heavy (non-hydrogen) atoms. The third-order valence-electron chi connectivity index (χ3n) is 3.72. The Morgan fingerprint density at radius 3 is 2.52 bits per heavy atom. The Kier molecular flexibility index (Phi) is 7.46. The molecular weight excluding hydrogens is 334 g/mol. The number of rotatable bonds is 8. The van der Waals surface area contributed by atoms with Crippen molar-refractivity contribution in [2.75, 3.05) is 31.6 Å².